The van der Waals surface area contributed by atoms with Crippen molar-refractivity contribution in [1.29, 1.82) is 0 Å². The SMILES string of the molecule is NC(=S)NNC(=O)COc1cc(Cl)ccc1Cl. The van der Waals surface area contributed by atoms with Crippen molar-refractivity contribution < 1.29 is 9.53 Å². The summed E-state index contributed by atoms with van der Waals surface area (Å²) in [5.41, 5.74) is 9.63. The molecule has 0 fully saturated rings. The molecule has 0 aromatic heterocycles. The fraction of sp³-hybridized carbons (Fsp3) is 0.111. The fourth-order valence-corrected chi connectivity index (χ4v) is 1.28. The highest BCUT2D eigenvalue weighted by atomic mass is 35.5. The number of benzene rings is 1. The Morgan fingerprint density at radius 1 is 1.41 bits per heavy atom. The van der Waals surface area contributed by atoms with Crippen LogP contribution in [-0.4, -0.2) is 17.6 Å². The quantitative estimate of drug-likeness (QED) is 0.577. The van der Waals surface area contributed by atoms with Crippen LogP contribution in [0.15, 0.2) is 18.2 Å². The lowest BCUT2D eigenvalue weighted by Gasteiger charge is -2.09. The molecule has 0 radical (unpaired) electrons. The van der Waals surface area contributed by atoms with Gasteiger partial charge in [0.1, 0.15) is 5.75 Å². The molecule has 0 unspecified atom stereocenters. The summed E-state index contributed by atoms with van der Waals surface area (Å²) in [5.74, 6) is -0.126. The highest BCUT2D eigenvalue weighted by Crippen LogP contribution is 2.27. The zero-order valence-corrected chi connectivity index (χ0v) is 10.8. The smallest absolute Gasteiger partial charge is 0.276 e. The van der Waals surface area contributed by atoms with Crippen LogP contribution in [0.5, 0.6) is 5.75 Å². The van der Waals surface area contributed by atoms with E-state index in [0.717, 1.165) is 0 Å². The summed E-state index contributed by atoms with van der Waals surface area (Å²) in [7, 11) is 0. The molecule has 0 aliphatic rings. The second kappa shape index (κ2) is 6.48. The molecule has 0 saturated heterocycles. The molecular weight excluding hydrogens is 285 g/mol. The molecule has 92 valence electrons. The van der Waals surface area contributed by atoms with Crippen molar-refractivity contribution in [1.82, 2.24) is 10.9 Å². The molecule has 0 heterocycles. The average molecular weight is 294 g/mol. The van der Waals surface area contributed by atoms with Gasteiger partial charge in [-0.1, -0.05) is 23.2 Å². The van der Waals surface area contributed by atoms with Gasteiger partial charge in [0.05, 0.1) is 5.02 Å². The van der Waals surface area contributed by atoms with Crippen molar-refractivity contribution in [2.75, 3.05) is 6.61 Å². The van der Waals surface area contributed by atoms with E-state index in [1.54, 1.807) is 12.1 Å². The number of carbonyl (C=O) groups excluding carboxylic acids is 1. The zero-order valence-electron chi connectivity index (χ0n) is 8.50. The first-order valence-electron chi connectivity index (χ1n) is 4.41. The van der Waals surface area contributed by atoms with Gasteiger partial charge in [-0.3, -0.25) is 15.6 Å². The lowest BCUT2D eigenvalue weighted by molar-refractivity contribution is -0.123. The lowest BCUT2D eigenvalue weighted by atomic mass is 10.3. The molecule has 0 aliphatic carbocycles. The van der Waals surface area contributed by atoms with Crippen LogP contribution in [0.3, 0.4) is 0 Å². The first kappa shape index (κ1) is 13.8. The number of nitrogens with two attached hydrogens (primary N) is 1. The van der Waals surface area contributed by atoms with Crippen LogP contribution in [0, 0.1) is 0 Å². The second-order valence-corrected chi connectivity index (χ2v) is 4.18. The third-order valence-corrected chi connectivity index (χ3v) is 2.23. The van der Waals surface area contributed by atoms with Gasteiger partial charge in [-0.2, -0.15) is 0 Å². The number of hydrazine groups is 1. The number of thiocarbonyl (C=S) groups is 1. The van der Waals surface area contributed by atoms with Crippen molar-refractivity contribution in [3.63, 3.8) is 0 Å². The molecule has 0 spiro atoms. The van der Waals surface area contributed by atoms with Crippen LogP contribution in [0.25, 0.3) is 0 Å². The summed E-state index contributed by atoms with van der Waals surface area (Å²) in [6.45, 7) is -0.240. The van der Waals surface area contributed by atoms with Crippen LogP contribution < -0.4 is 21.3 Å². The van der Waals surface area contributed by atoms with E-state index in [-0.39, 0.29) is 11.7 Å². The molecule has 4 N–H and O–H groups in total. The average Bonchev–Trinajstić information content (AvgIpc) is 2.27. The Kier molecular flexibility index (Phi) is 5.27. The minimum Gasteiger partial charge on any atom is -0.482 e. The van der Waals surface area contributed by atoms with E-state index >= 15 is 0 Å². The van der Waals surface area contributed by atoms with Crippen molar-refractivity contribution in [2.24, 2.45) is 5.73 Å². The van der Waals surface area contributed by atoms with Crippen LogP contribution in [0.2, 0.25) is 10.0 Å². The monoisotopic (exact) mass is 293 g/mol. The highest BCUT2D eigenvalue weighted by molar-refractivity contribution is 7.80. The first-order chi connectivity index (χ1) is 7.99. The van der Waals surface area contributed by atoms with Crippen molar-refractivity contribution in [3.05, 3.63) is 28.2 Å². The van der Waals surface area contributed by atoms with Gasteiger partial charge in [-0.05, 0) is 24.4 Å². The Bertz CT molecular complexity index is 442. The van der Waals surface area contributed by atoms with E-state index in [2.05, 4.69) is 23.1 Å². The summed E-state index contributed by atoms with van der Waals surface area (Å²) in [5, 5.41) is 0.787. The maximum Gasteiger partial charge on any atom is 0.276 e. The largest absolute Gasteiger partial charge is 0.482 e. The van der Waals surface area contributed by atoms with Gasteiger partial charge in [-0.25, -0.2) is 0 Å². The number of nitrogens with one attached hydrogen (secondary N) is 2. The van der Waals surface area contributed by atoms with Gasteiger partial charge < -0.3 is 10.5 Å². The third-order valence-electron chi connectivity index (χ3n) is 1.58. The van der Waals surface area contributed by atoms with Gasteiger partial charge in [0.15, 0.2) is 11.7 Å². The highest BCUT2D eigenvalue weighted by Gasteiger charge is 2.06. The van der Waals surface area contributed by atoms with Crippen LogP contribution in [0.1, 0.15) is 0 Å². The van der Waals surface area contributed by atoms with Crippen molar-refractivity contribution >= 4 is 46.4 Å². The van der Waals surface area contributed by atoms with Crippen LogP contribution in [0.4, 0.5) is 0 Å². The second-order valence-electron chi connectivity index (χ2n) is 2.90. The van der Waals surface area contributed by atoms with Gasteiger partial charge in [0.2, 0.25) is 0 Å². The van der Waals surface area contributed by atoms with Gasteiger partial charge in [0.25, 0.3) is 5.91 Å². The summed E-state index contributed by atoms with van der Waals surface area (Å²) in [4.78, 5) is 11.2. The molecule has 0 bridgehead atoms. The molecule has 1 aromatic rings. The molecular formula is C9H9Cl2N3O2S. The summed E-state index contributed by atoms with van der Waals surface area (Å²) >= 11 is 16.1. The molecule has 1 amide bonds. The van der Waals surface area contributed by atoms with Gasteiger partial charge >= 0.3 is 0 Å². The minimum atomic E-state index is -0.450. The summed E-state index contributed by atoms with van der Waals surface area (Å²) < 4.78 is 5.16. The van der Waals surface area contributed by atoms with E-state index in [0.29, 0.717) is 15.8 Å². The molecule has 0 atom stereocenters. The summed E-state index contributed by atoms with van der Waals surface area (Å²) in [6.07, 6.45) is 0. The number of carbonyl (C=O) groups is 1. The number of ether oxygens (including phenoxy) is 1. The van der Waals surface area contributed by atoms with Crippen molar-refractivity contribution in [2.45, 2.75) is 0 Å². The molecule has 8 heteroatoms. The maximum atomic E-state index is 11.2. The zero-order chi connectivity index (χ0) is 12.8. The molecule has 0 saturated carbocycles. The Hall–Kier alpha value is -1.24. The number of amides is 1. The molecule has 1 aromatic carbocycles. The standard InChI is InChI=1S/C9H9Cl2N3O2S/c10-5-1-2-6(11)7(3-5)16-4-8(15)13-14-9(12)17/h1-3H,4H2,(H,13,15)(H3,12,14,17). The van der Waals surface area contributed by atoms with Gasteiger partial charge in [0, 0.05) is 11.1 Å². The third kappa shape index (κ3) is 5.08. The van der Waals surface area contributed by atoms with Crippen LogP contribution >= 0.6 is 35.4 Å². The fourth-order valence-electron chi connectivity index (χ4n) is 0.899. The minimum absolute atomic E-state index is 0.0425. The molecule has 0 aliphatic heterocycles. The van der Waals surface area contributed by atoms with E-state index < -0.39 is 5.91 Å². The Morgan fingerprint density at radius 2 is 2.12 bits per heavy atom. The number of halogens is 2. The maximum absolute atomic E-state index is 11.2. The van der Waals surface area contributed by atoms with Crippen LogP contribution in [-0.2, 0) is 4.79 Å². The predicted molar refractivity (Wildman–Crippen MR) is 70.0 cm³/mol. The molecule has 17 heavy (non-hydrogen) atoms. The van der Waals surface area contributed by atoms with Crippen molar-refractivity contribution in [3.8, 4) is 5.75 Å². The number of hydrogen-bond donors (Lipinski definition) is 3. The van der Waals surface area contributed by atoms with E-state index in [1.165, 1.54) is 6.07 Å². The Morgan fingerprint density at radius 3 is 2.76 bits per heavy atom. The molecule has 1 rings (SSSR count). The summed E-state index contributed by atoms with van der Waals surface area (Å²) in [6, 6.07) is 4.70. The first-order valence-corrected chi connectivity index (χ1v) is 5.57. The Balaban J connectivity index is 2.47. The Labute approximate surface area is 113 Å². The van der Waals surface area contributed by atoms with E-state index in [4.69, 9.17) is 33.7 Å². The predicted octanol–water partition coefficient (Wildman–Crippen LogP) is 1.24. The lowest BCUT2D eigenvalue weighted by Crippen LogP contribution is -2.46. The van der Waals surface area contributed by atoms with E-state index in [1.807, 2.05) is 0 Å². The van der Waals surface area contributed by atoms with E-state index in [9.17, 15) is 4.79 Å². The normalized spacial score (nSPS) is 9.53. The topological polar surface area (TPSA) is 76.4 Å². The number of rotatable bonds is 3. The number of hydrogen-bond acceptors (Lipinski definition) is 3. The van der Waals surface area contributed by atoms with Gasteiger partial charge in [-0.15, -0.1) is 0 Å². The molecule has 5 nitrogen and oxygen atoms in total.